The van der Waals surface area contributed by atoms with Gasteiger partial charge in [-0.1, -0.05) is 53.0 Å². The molecule has 0 amide bonds. The van der Waals surface area contributed by atoms with Crippen LogP contribution >= 0.6 is 34.8 Å². The highest BCUT2D eigenvalue weighted by Gasteiger charge is 2.32. The predicted molar refractivity (Wildman–Crippen MR) is 130 cm³/mol. The minimum Gasteiger partial charge on any atom is -0.302 e. The van der Waals surface area contributed by atoms with Gasteiger partial charge in [0, 0.05) is 21.5 Å². The first-order valence-electron chi connectivity index (χ1n) is 9.95. The molecule has 5 nitrogen and oxygen atoms in total. The number of rotatable bonds is 6. The van der Waals surface area contributed by atoms with Crippen molar-refractivity contribution >= 4 is 50.5 Å². The van der Waals surface area contributed by atoms with Crippen LogP contribution in [0.5, 0.6) is 0 Å². The number of nitrogens with one attached hydrogen (secondary N) is 2. The first-order chi connectivity index (χ1) is 15.6. The quantitative estimate of drug-likeness (QED) is 0.401. The summed E-state index contributed by atoms with van der Waals surface area (Å²) in [6.07, 6.45) is 0.427. The Balaban J connectivity index is 1.69. The molecule has 172 valence electrons. The van der Waals surface area contributed by atoms with Gasteiger partial charge in [-0.05, 0) is 66.1 Å². The number of aryl methyl sites for hydroxylation is 1. The minimum absolute atomic E-state index is 0.0280. The Morgan fingerprint density at radius 2 is 1.73 bits per heavy atom. The zero-order valence-corrected chi connectivity index (χ0v) is 20.4. The molecule has 1 aliphatic rings. The van der Waals surface area contributed by atoms with Crippen LogP contribution in [0.2, 0.25) is 15.1 Å². The summed E-state index contributed by atoms with van der Waals surface area (Å²) in [5.74, 6) is -0.515. The number of hydrazone groups is 1. The lowest BCUT2D eigenvalue weighted by molar-refractivity contribution is 0.574. The number of halogens is 4. The number of hydrogen-bond acceptors (Lipinski definition) is 4. The highest BCUT2D eigenvalue weighted by atomic mass is 35.5. The van der Waals surface area contributed by atoms with Gasteiger partial charge in [0.05, 0.1) is 22.7 Å². The van der Waals surface area contributed by atoms with Crippen LogP contribution in [0.25, 0.3) is 0 Å². The minimum atomic E-state index is -4.04. The predicted octanol–water partition coefficient (Wildman–Crippen LogP) is 6.20. The van der Waals surface area contributed by atoms with Crippen LogP contribution in [-0.2, 0) is 10.0 Å². The van der Waals surface area contributed by atoms with Crippen molar-refractivity contribution in [2.24, 2.45) is 5.10 Å². The van der Waals surface area contributed by atoms with E-state index >= 15 is 0 Å². The van der Waals surface area contributed by atoms with Gasteiger partial charge in [-0.3, -0.25) is 0 Å². The van der Waals surface area contributed by atoms with E-state index < -0.39 is 21.9 Å². The van der Waals surface area contributed by atoms with Gasteiger partial charge in [0.15, 0.2) is 0 Å². The maximum Gasteiger partial charge on any atom is 0.241 e. The van der Waals surface area contributed by atoms with Crippen molar-refractivity contribution in [1.29, 1.82) is 0 Å². The molecular weight excluding hydrogens is 508 g/mol. The molecule has 0 radical (unpaired) electrons. The van der Waals surface area contributed by atoms with Crippen molar-refractivity contribution in [2.45, 2.75) is 30.3 Å². The van der Waals surface area contributed by atoms with E-state index in [0.29, 0.717) is 32.8 Å². The Labute approximate surface area is 206 Å². The van der Waals surface area contributed by atoms with Crippen LogP contribution in [0.1, 0.15) is 35.2 Å². The summed E-state index contributed by atoms with van der Waals surface area (Å²) in [5, 5.41) is 5.76. The zero-order valence-electron chi connectivity index (χ0n) is 17.3. The Hall–Kier alpha value is -2.16. The topological polar surface area (TPSA) is 70.6 Å². The lowest BCUT2D eigenvalue weighted by atomic mass is 9.96. The zero-order chi connectivity index (χ0) is 23.8. The van der Waals surface area contributed by atoms with Crippen LogP contribution in [-0.4, -0.2) is 14.1 Å². The molecule has 2 N–H and O–H groups in total. The maximum atomic E-state index is 13.5. The van der Waals surface area contributed by atoms with E-state index in [1.165, 1.54) is 19.1 Å². The monoisotopic (exact) mass is 525 g/mol. The van der Waals surface area contributed by atoms with Gasteiger partial charge in [0.2, 0.25) is 10.0 Å². The number of hydrogen-bond donors (Lipinski definition) is 2. The average Bonchev–Trinajstić information content (AvgIpc) is 3.23. The standard InChI is InChI=1S/C23H19Cl3FN3O2S/c1-13-10-17(27)7-9-22(13)33(31,32)30-23(18-8-6-16(25)11-19(18)26)21-12-20(28-29-21)14-2-4-15(24)5-3-14/h2-11,20,23,28,30H,12H2,1H3/t20?,23-/m1/s1. The average molecular weight is 527 g/mol. The number of benzene rings is 3. The molecule has 4 rings (SSSR count). The molecule has 10 heteroatoms. The van der Waals surface area contributed by atoms with E-state index in [9.17, 15) is 12.8 Å². The van der Waals surface area contributed by atoms with Gasteiger partial charge < -0.3 is 5.43 Å². The maximum absolute atomic E-state index is 13.5. The molecule has 33 heavy (non-hydrogen) atoms. The highest BCUT2D eigenvalue weighted by Crippen LogP contribution is 2.34. The van der Waals surface area contributed by atoms with Gasteiger partial charge in [-0.15, -0.1) is 0 Å². The molecule has 0 bridgehead atoms. The summed E-state index contributed by atoms with van der Waals surface area (Å²) in [6, 6.07) is 14.7. The van der Waals surface area contributed by atoms with Crippen molar-refractivity contribution in [3.8, 4) is 0 Å². The fourth-order valence-corrected chi connectivity index (χ4v) is 5.78. The SMILES string of the molecule is Cc1cc(F)ccc1S(=O)(=O)N[C@@H](C1=NNC(c2ccc(Cl)cc2)C1)c1ccc(Cl)cc1Cl. The van der Waals surface area contributed by atoms with Crippen LogP contribution < -0.4 is 10.1 Å². The molecule has 1 heterocycles. The van der Waals surface area contributed by atoms with Crippen molar-refractivity contribution in [3.05, 3.63) is 98.2 Å². The molecule has 0 fully saturated rings. The first kappa shape index (κ1) is 24.0. The first-order valence-corrected chi connectivity index (χ1v) is 12.6. The van der Waals surface area contributed by atoms with E-state index in [-0.39, 0.29) is 16.5 Å². The molecule has 1 unspecified atom stereocenters. The van der Waals surface area contributed by atoms with Gasteiger partial charge in [0.25, 0.3) is 0 Å². The van der Waals surface area contributed by atoms with Crippen LogP contribution in [0, 0.1) is 12.7 Å². The molecule has 1 aliphatic heterocycles. The lowest BCUT2D eigenvalue weighted by Gasteiger charge is -2.21. The molecule has 0 spiro atoms. The third-order valence-electron chi connectivity index (χ3n) is 5.36. The molecule has 3 aromatic rings. The molecule has 0 saturated heterocycles. The third-order valence-corrected chi connectivity index (χ3v) is 7.75. The molecule has 0 aliphatic carbocycles. The largest absolute Gasteiger partial charge is 0.302 e. The van der Waals surface area contributed by atoms with Gasteiger partial charge in [-0.25, -0.2) is 12.8 Å². The fourth-order valence-electron chi connectivity index (χ4n) is 3.71. The van der Waals surface area contributed by atoms with E-state index in [0.717, 1.165) is 11.6 Å². The summed E-state index contributed by atoms with van der Waals surface area (Å²) in [5.41, 5.74) is 5.35. The van der Waals surface area contributed by atoms with Crippen LogP contribution in [0.3, 0.4) is 0 Å². The highest BCUT2D eigenvalue weighted by molar-refractivity contribution is 7.89. The smallest absolute Gasteiger partial charge is 0.241 e. The Morgan fingerprint density at radius 1 is 1.03 bits per heavy atom. The van der Waals surface area contributed by atoms with E-state index in [1.807, 2.05) is 12.1 Å². The molecule has 0 saturated carbocycles. The van der Waals surface area contributed by atoms with Crippen molar-refractivity contribution in [3.63, 3.8) is 0 Å². The Bertz CT molecular complexity index is 1330. The van der Waals surface area contributed by atoms with E-state index in [2.05, 4.69) is 15.2 Å². The van der Waals surface area contributed by atoms with Crippen LogP contribution in [0.4, 0.5) is 4.39 Å². The number of sulfonamides is 1. The van der Waals surface area contributed by atoms with Gasteiger partial charge in [0.1, 0.15) is 5.82 Å². The second kappa shape index (κ2) is 9.60. The van der Waals surface area contributed by atoms with Gasteiger partial charge in [-0.2, -0.15) is 9.82 Å². The lowest BCUT2D eigenvalue weighted by Crippen LogP contribution is -2.34. The van der Waals surface area contributed by atoms with Crippen molar-refractivity contribution in [2.75, 3.05) is 0 Å². The number of nitrogens with zero attached hydrogens (tertiary/aromatic N) is 1. The normalized spacial score (nSPS) is 16.9. The summed E-state index contributed by atoms with van der Waals surface area (Å²) < 4.78 is 42.8. The summed E-state index contributed by atoms with van der Waals surface area (Å²) in [7, 11) is -4.04. The molecule has 3 aromatic carbocycles. The molecular formula is C23H19Cl3FN3O2S. The third kappa shape index (κ3) is 5.34. The van der Waals surface area contributed by atoms with Crippen molar-refractivity contribution in [1.82, 2.24) is 10.1 Å². The summed E-state index contributed by atoms with van der Waals surface area (Å²) in [6.45, 7) is 1.53. The second-order valence-corrected chi connectivity index (χ2v) is 10.6. The Kier molecular flexibility index (Phi) is 6.98. The second-order valence-electron chi connectivity index (χ2n) is 7.67. The van der Waals surface area contributed by atoms with Crippen LogP contribution in [0.15, 0.2) is 70.7 Å². The Morgan fingerprint density at radius 3 is 2.39 bits per heavy atom. The van der Waals surface area contributed by atoms with Gasteiger partial charge >= 0.3 is 0 Å². The van der Waals surface area contributed by atoms with E-state index in [4.69, 9.17) is 34.8 Å². The molecule has 0 aromatic heterocycles. The van der Waals surface area contributed by atoms with Crippen molar-refractivity contribution < 1.29 is 12.8 Å². The fraction of sp³-hybridized carbons (Fsp3) is 0.174. The summed E-state index contributed by atoms with van der Waals surface area (Å²) >= 11 is 18.5. The summed E-state index contributed by atoms with van der Waals surface area (Å²) in [4.78, 5) is -0.0280. The van der Waals surface area contributed by atoms with E-state index in [1.54, 1.807) is 30.3 Å². The molecule has 2 atom stereocenters.